The predicted octanol–water partition coefficient (Wildman–Crippen LogP) is 4.75. The number of nitrogens with one attached hydrogen (secondary N) is 2. The zero-order valence-corrected chi connectivity index (χ0v) is 18.3. The maximum atomic E-state index is 12.5. The maximum Gasteiger partial charge on any atom is 0.261 e. The number of amides is 1. The van der Waals surface area contributed by atoms with Crippen LogP contribution in [0.4, 0.5) is 5.69 Å². The van der Waals surface area contributed by atoms with Crippen molar-refractivity contribution in [3.8, 4) is 5.75 Å². The van der Waals surface area contributed by atoms with Gasteiger partial charge in [-0.05, 0) is 61.4 Å². The lowest BCUT2D eigenvalue weighted by Crippen LogP contribution is -2.38. The molecule has 2 aromatic carbocycles. The number of carbonyl (C=O) groups excluding carboxylic acids is 1. The third kappa shape index (κ3) is 6.92. The summed E-state index contributed by atoms with van der Waals surface area (Å²) in [5.41, 5.74) is 0.422. The van der Waals surface area contributed by atoms with Crippen molar-refractivity contribution in [2.45, 2.75) is 55.9 Å². The second-order valence-corrected chi connectivity index (χ2v) is 9.60. The van der Waals surface area contributed by atoms with E-state index in [4.69, 9.17) is 16.3 Å². The molecule has 1 fully saturated rings. The van der Waals surface area contributed by atoms with Crippen molar-refractivity contribution >= 4 is 33.2 Å². The normalized spacial score (nSPS) is 15.6. The number of halogens is 1. The van der Waals surface area contributed by atoms with Gasteiger partial charge in [-0.2, -0.15) is 0 Å². The molecule has 0 aromatic heterocycles. The van der Waals surface area contributed by atoms with Gasteiger partial charge in [0.05, 0.1) is 4.90 Å². The molecule has 1 aliphatic carbocycles. The minimum Gasteiger partial charge on any atom is -0.484 e. The van der Waals surface area contributed by atoms with Gasteiger partial charge in [-0.25, -0.2) is 8.42 Å². The highest BCUT2D eigenvalue weighted by molar-refractivity contribution is 7.92. The molecule has 6 nitrogen and oxygen atoms in total. The number of benzene rings is 2. The second kappa shape index (κ2) is 10.7. The minimum atomic E-state index is -3.73. The summed E-state index contributed by atoms with van der Waals surface area (Å²) in [5.74, 6) is 0.287. The van der Waals surface area contributed by atoms with Crippen molar-refractivity contribution in [2.24, 2.45) is 0 Å². The van der Waals surface area contributed by atoms with Gasteiger partial charge in [0.2, 0.25) is 0 Å². The molecule has 2 N–H and O–H groups in total. The molecule has 2 aromatic rings. The molecular weight excluding hydrogens is 424 g/mol. The average molecular weight is 451 g/mol. The molecule has 162 valence electrons. The Balaban J connectivity index is 1.51. The van der Waals surface area contributed by atoms with Crippen LogP contribution in [0.15, 0.2) is 53.4 Å². The van der Waals surface area contributed by atoms with Crippen LogP contribution in [0, 0.1) is 0 Å². The summed E-state index contributed by atoms with van der Waals surface area (Å²) in [7, 11) is -3.73. The third-order valence-electron chi connectivity index (χ3n) is 5.07. The third-order valence-corrected chi connectivity index (χ3v) is 6.72. The van der Waals surface area contributed by atoms with E-state index < -0.39 is 10.0 Å². The maximum absolute atomic E-state index is 12.5. The summed E-state index contributed by atoms with van der Waals surface area (Å²) in [5, 5.41) is 3.57. The SMILES string of the molecule is O=C(COc1ccc(S(=O)(=O)Nc2ccc(Cl)cc2)cc1)NC1CCCCCCC1. The molecular formula is C22H27ClN2O4S. The van der Waals surface area contributed by atoms with Gasteiger partial charge in [-0.15, -0.1) is 0 Å². The van der Waals surface area contributed by atoms with E-state index >= 15 is 0 Å². The van der Waals surface area contributed by atoms with Crippen molar-refractivity contribution < 1.29 is 17.9 Å². The van der Waals surface area contributed by atoms with Crippen LogP contribution in [0.3, 0.4) is 0 Å². The molecule has 0 atom stereocenters. The standard InChI is InChI=1S/C22H27ClN2O4S/c23-17-8-10-19(11-9-17)25-30(27,28)21-14-12-20(13-15-21)29-16-22(26)24-18-6-4-2-1-3-5-7-18/h8-15,18,25H,1-7,16H2,(H,24,26). The first-order valence-electron chi connectivity index (χ1n) is 10.2. The number of sulfonamides is 1. The Kier molecular flexibility index (Phi) is 7.99. The van der Waals surface area contributed by atoms with Gasteiger partial charge in [0.25, 0.3) is 15.9 Å². The van der Waals surface area contributed by atoms with E-state index in [2.05, 4.69) is 10.0 Å². The molecule has 0 radical (unpaired) electrons. The number of rotatable bonds is 7. The molecule has 0 unspecified atom stereocenters. The first-order chi connectivity index (χ1) is 14.4. The Hall–Kier alpha value is -2.25. The fourth-order valence-corrected chi connectivity index (χ4v) is 4.65. The Morgan fingerprint density at radius 2 is 1.53 bits per heavy atom. The van der Waals surface area contributed by atoms with Gasteiger partial charge >= 0.3 is 0 Å². The van der Waals surface area contributed by atoms with Gasteiger partial charge in [-0.1, -0.05) is 43.7 Å². The van der Waals surface area contributed by atoms with Crippen LogP contribution in [0.1, 0.15) is 44.9 Å². The van der Waals surface area contributed by atoms with Crippen LogP contribution in [0.2, 0.25) is 5.02 Å². The van der Waals surface area contributed by atoms with E-state index in [1.807, 2.05) is 0 Å². The molecule has 0 aliphatic heterocycles. The van der Waals surface area contributed by atoms with Crippen molar-refractivity contribution in [1.29, 1.82) is 0 Å². The lowest BCUT2D eigenvalue weighted by Gasteiger charge is -2.21. The van der Waals surface area contributed by atoms with Crippen LogP contribution in [0.25, 0.3) is 0 Å². The van der Waals surface area contributed by atoms with E-state index in [1.165, 1.54) is 31.4 Å². The monoisotopic (exact) mass is 450 g/mol. The zero-order valence-electron chi connectivity index (χ0n) is 16.8. The van der Waals surface area contributed by atoms with Crippen molar-refractivity contribution in [2.75, 3.05) is 11.3 Å². The summed E-state index contributed by atoms with van der Waals surface area (Å²) in [6, 6.07) is 12.6. The highest BCUT2D eigenvalue weighted by atomic mass is 35.5. The molecule has 30 heavy (non-hydrogen) atoms. The van der Waals surface area contributed by atoms with Crippen molar-refractivity contribution in [3.05, 3.63) is 53.6 Å². The first kappa shape index (κ1) is 22.4. The average Bonchev–Trinajstić information content (AvgIpc) is 2.70. The van der Waals surface area contributed by atoms with Crippen molar-refractivity contribution in [1.82, 2.24) is 5.32 Å². The zero-order chi connectivity index (χ0) is 21.4. The van der Waals surface area contributed by atoms with Crippen LogP contribution >= 0.6 is 11.6 Å². The molecule has 1 saturated carbocycles. The van der Waals surface area contributed by atoms with Crippen LogP contribution in [-0.2, 0) is 14.8 Å². The number of anilines is 1. The van der Waals surface area contributed by atoms with Crippen LogP contribution in [0.5, 0.6) is 5.75 Å². The fraction of sp³-hybridized carbons (Fsp3) is 0.409. The Bertz CT molecular complexity index is 923. The van der Waals surface area contributed by atoms with E-state index in [0.29, 0.717) is 16.5 Å². The molecule has 0 saturated heterocycles. The topological polar surface area (TPSA) is 84.5 Å². The summed E-state index contributed by atoms with van der Waals surface area (Å²) in [6.45, 7) is -0.0916. The second-order valence-electron chi connectivity index (χ2n) is 7.48. The molecule has 1 aliphatic rings. The fourth-order valence-electron chi connectivity index (χ4n) is 3.47. The lowest BCUT2D eigenvalue weighted by atomic mass is 9.97. The van der Waals surface area contributed by atoms with Crippen LogP contribution < -0.4 is 14.8 Å². The van der Waals surface area contributed by atoms with Crippen molar-refractivity contribution in [3.63, 3.8) is 0 Å². The smallest absolute Gasteiger partial charge is 0.261 e. The van der Waals surface area contributed by atoms with Gasteiger partial charge in [-0.3, -0.25) is 9.52 Å². The molecule has 1 amide bonds. The van der Waals surface area contributed by atoms with Gasteiger partial charge in [0.15, 0.2) is 6.61 Å². The minimum absolute atomic E-state index is 0.0916. The van der Waals surface area contributed by atoms with Gasteiger partial charge in [0, 0.05) is 16.8 Å². The Morgan fingerprint density at radius 3 is 2.17 bits per heavy atom. The highest BCUT2D eigenvalue weighted by Crippen LogP contribution is 2.21. The molecule has 3 rings (SSSR count). The molecule has 0 bridgehead atoms. The predicted molar refractivity (Wildman–Crippen MR) is 118 cm³/mol. The molecule has 8 heteroatoms. The van der Waals surface area contributed by atoms with E-state index in [0.717, 1.165) is 25.7 Å². The Labute approximate surface area is 183 Å². The van der Waals surface area contributed by atoms with Gasteiger partial charge < -0.3 is 10.1 Å². The number of ether oxygens (including phenoxy) is 1. The van der Waals surface area contributed by atoms with E-state index in [1.54, 1.807) is 36.4 Å². The molecule has 0 heterocycles. The molecule has 0 spiro atoms. The number of hydrogen-bond donors (Lipinski definition) is 2. The largest absolute Gasteiger partial charge is 0.484 e. The summed E-state index contributed by atoms with van der Waals surface area (Å²) >= 11 is 5.82. The number of hydrogen-bond acceptors (Lipinski definition) is 4. The van der Waals surface area contributed by atoms with Gasteiger partial charge in [0.1, 0.15) is 5.75 Å². The summed E-state index contributed by atoms with van der Waals surface area (Å²) in [4.78, 5) is 12.3. The van der Waals surface area contributed by atoms with E-state index in [9.17, 15) is 13.2 Å². The Morgan fingerprint density at radius 1 is 0.933 bits per heavy atom. The summed E-state index contributed by atoms with van der Waals surface area (Å²) in [6.07, 6.45) is 8.05. The quantitative estimate of drug-likeness (QED) is 0.637. The lowest BCUT2D eigenvalue weighted by molar-refractivity contribution is -0.123. The highest BCUT2D eigenvalue weighted by Gasteiger charge is 2.16. The van der Waals surface area contributed by atoms with Crippen LogP contribution in [-0.4, -0.2) is 27.0 Å². The summed E-state index contributed by atoms with van der Waals surface area (Å²) < 4.78 is 33.0. The van der Waals surface area contributed by atoms with E-state index in [-0.39, 0.29) is 23.5 Å². The number of carbonyl (C=O) groups is 1. The first-order valence-corrected chi connectivity index (χ1v) is 12.1.